The molecule has 1 aromatic rings. The molecular formula is C15H24N2O. The van der Waals surface area contributed by atoms with E-state index in [0.717, 1.165) is 26.2 Å². The Morgan fingerprint density at radius 1 is 1.28 bits per heavy atom. The predicted molar refractivity (Wildman–Crippen MR) is 74.5 cm³/mol. The minimum Gasteiger partial charge on any atom is -0.377 e. The van der Waals surface area contributed by atoms with E-state index in [9.17, 15) is 0 Å². The van der Waals surface area contributed by atoms with Crippen molar-refractivity contribution >= 4 is 0 Å². The molecule has 1 aliphatic rings. The number of benzene rings is 1. The van der Waals surface area contributed by atoms with Crippen molar-refractivity contribution in [3.8, 4) is 0 Å². The molecule has 3 nitrogen and oxygen atoms in total. The maximum absolute atomic E-state index is 5.61. The van der Waals surface area contributed by atoms with Gasteiger partial charge in [0.2, 0.25) is 0 Å². The summed E-state index contributed by atoms with van der Waals surface area (Å²) < 4.78 is 5.61. The van der Waals surface area contributed by atoms with Gasteiger partial charge in [0.05, 0.1) is 6.10 Å². The zero-order chi connectivity index (χ0) is 12.8. The van der Waals surface area contributed by atoms with Gasteiger partial charge in [0.1, 0.15) is 0 Å². The molecule has 1 atom stereocenters. The second-order valence-electron chi connectivity index (χ2n) is 5.27. The fourth-order valence-electron chi connectivity index (χ4n) is 2.40. The summed E-state index contributed by atoms with van der Waals surface area (Å²) in [6, 6.07) is 8.65. The molecule has 1 aliphatic heterocycles. The van der Waals surface area contributed by atoms with Gasteiger partial charge in [0.15, 0.2) is 0 Å². The number of ether oxygens (including phenoxy) is 1. The Morgan fingerprint density at radius 3 is 2.72 bits per heavy atom. The van der Waals surface area contributed by atoms with E-state index in [-0.39, 0.29) is 0 Å². The van der Waals surface area contributed by atoms with Crippen molar-refractivity contribution in [3.05, 3.63) is 35.4 Å². The van der Waals surface area contributed by atoms with Gasteiger partial charge < -0.3 is 15.0 Å². The van der Waals surface area contributed by atoms with Crippen LogP contribution in [0.3, 0.4) is 0 Å². The lowest BCUT2D eigenvalue weighted by atomic mass is 10.1. The third-order valence-electron chi connectivity index (χ3n) is 3.32. The van der Waals surface area contributed by atoms with Gasteiger partial charge in [-0.05, 0) is 38.1 Å². The van der Waals surface area contributed by atoms with E-state index in [1.54, 1.807) is 0 Å². The summed E-state index contributed by atoms with van der Waals surface area (Å²) in [4.78, 5) is 2.21. The maximum Gasteiger partial charge on any atom is 0.0700 e. The largest absolute Gasteiger partial charge is 0.377 e. The van der Waals surface area contributed by atoms with E-state index in [4.69, 9.17) is 4.74 Å². The molecule has 0 radical (unpaired) electrons. The lowest BCUT2D eigenvalue weighted by molar-refractivity contribution is 0.110. The van der Waals surface area contributed by atoms with Crippen LogP contribution in [-0.4, -0.2) is 38.3 Å². The SMILES string of the molecule is CN(C)Cc1ccccc1CNCC1CCCO1. The van der Waals surface area contributed by atoms with Crippen LogP contribution in [0.5, 0.6) is 0 Å². The molecule has 0 aliphatic carbocycles. The van der Waals surface area contributed by atoms with Crippen molar-refractivity contribution in [2.45, 2.75) is 32.0 Å². The predicted octanol–water partition coefficient (Wildman–Crippen LogP) is 2.02. The number of hydrogen-bond donors (Lipinski definition) is 1. The van der Waals surface area contributed by atoms with Crippen molar-refractivity contribution in [1.29, 1.82) is 0 Å². The van der Waals surface area contributed by atoms with E-state index in [1.807, 2.05) is 0 Å². The van der Waals surface area contributed by atoms with Crippen LogP contribution in [-0.2, 0) is 17.8 Å². The summed E-state index contributed by atoms with van der Waals surface area (Å²) in [6.07, 6.45) is 2.83. The molecule has 100 valence electrons. The molecule has 1 aromatic carbocycles. The van der Waals surface area contributed by atoms with Crippen LogP contribution >= 0.6 is 0 Å². The van der Waals surface area contributed by atoms with E-state index in [2.05, 4.69) is 48.6 Å². The van der Waals surface area contributed by atoms with Crippen LogP contribution in [0.25, 0.3) is 0 Å². The van der Waals surface area contributed by atoms with Crippen molar-refractivity contribution in [2.75, 3.05) is 27.2 Å². The monoisotopic (exact) mass is 248 g/mol. The first-order valence-electron chi connectivity index (χ1n) is 6.79. The number of rotatable bonds is 6. The fraction of sp³-hybridized carbons (Fsp3) is 0.600. The first-order chi connectivity index (χ1) is 8.75. The summed E-state index contributed by atoms with van der Waals surface area (Å²) in [7, 11) is 4.22. The Kier molecular flexibility index (Phi) is 5.17. The molecular weight excluding hydrogens is 224 g/mol. The van der Waals surface area contributed by atoms with Crippen LogP contribution in [0.4, 0.5) is 0 Å². The Balaban J connectivity index is 1.83. The molecule has 1 heterocycles. The zero-order valence-electron chi connectivity index (χ0n) is 11.5. The van der Waals surface area contributed by atoms with Gasteiger partial charge >= 0.3 is 0 Å². The van der Waals surface area contributed by atoms with E-state index < -0.39 is 0 Å². The molecule has 0 amide bonds. The number of nitrogens with one attached hydrogen (secondary N) is 1. The number of hydrogen-bond acceptors (Lipinski definition) is 3. The van der Waals surface area contributed by atoms with Crippen molar-refractivity contribution < 1.29 is 4.74 Å². The second-order valence-corrected chi connectivity index (χ2v) is 5.27. The molecule has 1 unspecified atom stereocenters. The Bertz CT molecular complexity index is 359. The van der Waals surface area contributed by atoms with E-state index >= 15 is 0 Å². The second kappa shape index (κ2) is 6.88. The summed E-state index contributed by atoms with van der Waals surface area (Å²) in [5.74, 6) is 0. The first-order valence-corrected chi connectivity index (χ1v) is 6.79. The highest BCUT2D eigenvalue weighted by Gasteiger charge is 2.14. The lowest BCUT2D eigenvalue weighted by Crippen LogP contribution is -2.26. The summed E-state index contributed by atoms with van der Waals surface area (Å²) in [5, 5.41) is 3.51. The Hall–Kier alpha value is -0.900. The average molecular weight is 248 g/mol. The average Bonchev–Trinajstić information content (AvgIpc) is 2.84. The van der Waals surface area contributed by atoms with Crippen molar-refractivity contribution in [3.63, 3.8) is 0 Å². The van der Waals surface area contributed by atoms with Gasteiger partial charge in [0.25, 0.3) is 0 Å². The third kappa shape index (κ3) is 4.09. The Morgan fingerprint density at radius 2 is 2.06 bits per heavy atom. The van der Waals surface area contributed by atoms with Gasteiger partial charge in [-0.25, -0.2) is 0 Å². The van der Waals surface area contributed by atoms with Crippen LogP contribution in [0.1, 0.15) is 24.0 Å². The van der Waals surface area contributed by atoms with E-state index in [1.165, 1.54) is 24.0 Å². The van der Waals surface area contributed by atoms with Crippen LogP contribution in [0, 0.1) is 0 Å². The summed E-state index contributed by atoms with van der Waals surface area (Å²) >= 11 is 0. The zero-order valence-corrected chi connectivity index (χ0v) is 11.5. The molecule has 2 rings (SSSR count). The van der Waals surface area contributed by atoms with Crippen LogP contribution in [0.2, 0.25) is 0 Å². The molecule has 1 N–H and O–H groups in total. The highest BCUT2D eigenvalue weighted by Crippen LogP contribution is 2.12. The molecule has 0 bridgehead atoms. The minimum atomic E-state index is 0.422. The molecule has 1 fully saturated rings. The van der Waals surface area contributed by atoms with Crippen molar-refractivity contribution in [1.82, 2.24) is 10.2 Å². The van der Waals surface area contributed by atoms with Crippen LogP contribution in [0.15, 0.2) is 24.3 Å². The van der Waals surface area contributed by atoms with Gasteiger partial charge in [0, 0.05) is 26.2 Å². The first kappa shape index (κ1) is 13.5. The third-order valence-corrected chi connectivity index (χ3v) is 3.32. The quantitative estimate of drug-likeness (QED) is 0.833. The molecule has 18 heavy (non-hydrogen) atoms. The Labute approximate surface area is 110 Å². The fourth-order valence-corrected chi connectivity index (χ4v) is 2.40. The highest BCUT2D eigenvalue weighted by molar-refractivity contribution is 5.26. The smallest absolute Gasteiger partial charge is 0.0700 e. The summed E-state index contributed by atoms with van der Waals surface area (Å²) in [6.45, 7) is 3.83. The van der Waals surface area contributed by atoms with Gasteiger partial charge in [-0.1, -0.05) is 24.3 Å². The van der Waals surface area contributed by atoms with Crippen LogP contribution < -0.4 is 5.32 Å². The van der Waals surface area contributed by atoms with Gasteiger partial charge in [-0.2, -0.15) is 0 Å². The minimum absolute atomic E-state index is 0.422. The maximum atomic E-state index is 5.61. The highest BCUT2D eigenvalue weighted by atomic mass is 16.5. The number of nitrogens with zero attached hydrogens (tertiary/aromatic N) is 1. The van der Waals surface area contributed by atoms with Gasteiger partial charge in [-0.3, -0.25) is 0 Å². The molecule has 1 saturated heterocycles. The summed E-state index contributed by atoms with van der Waals surface area (Å²) in [5.41, 5.74) is 2.80. The standard InChI is InChI=1S/C15H24N2O/c1-17(2)12-14-7-4-3-6-13(14)10-16-11-15-8-5-9-18-15/h3-4,6-7,15-16H,5,8-12H2,1-2H3. The van der Waals surface area contributed by atoms with Crippen molar-refractivity contribution in [2.24, 2.45) is 0 Å². The molecule has 3 heteroatoms. The topological polar surface area (TPSA) is 24.5 Å². The van der Waals surface area contributed by atoms with E-state index in [0.29, 0.717) is 6.10 Å². The normalized spacial score (nSPS) is 19.6. The molecule has 0 saturated carbocycles. The lowest BCUT2D eigenvalue weighted by Gasteiger charge is -2.16. The molecule has 0 spiro atoms. The van der Waals surface area contributed by atoms with Gasteiger partial charge in [-0.15, -0.1) is 0 Å². The molecule has 0 aromatic heterocycles.